The van der Waals surface area contributed by atoms with Gasteiger partial charge in [-0.25, -0.2) is 4.98 Å². The van der Waals surface area contributed by atoms with E-state index >= 15 is 0 Å². The van der Waals surface area contributed by atoms with Crippen molar-refractivity contribution in [2.24, 2.45) is 0 Å². The molecule has 3 heteroatoms. The van der Waals surface area contributed by atoms with Crippen LogP contribution in [0.4, 0.5) is 4.39 Å². The van der Waals surface area contributed by atoms with Gasteiger partial charge in [-0.15, -0.1) is 0 Å². The average molecular weight is 270 g/mol. The zero-order chi connectivity index (χ0) is 14.1. The fraction of sp³-hybridized carbons (Fsp3) is 0.353. The van der Waals surface area contributed by atoms with E-state index in [-0.39, 0.29) is 5.95 Å². The quantitative estimate of drug-likeness (QED) is 0.842. The maximum Gasteiger partial charge on any atom is 0.216 e. The van der Waals surface area contributed by atoms with E-state index in [1.165, 1.54) is 18.2 Å². The van der Waals surface area contributed by atoms with E-state index in [1.54, 1.807) is 6.92 Å². The highest BCUT2D eigenvalue weighted by Gasteiger charge is 2.21. The monoisotopic (exact) mass is 270 g/mol. The van der Waals surface area contributed by atoms with Crippen molar-refractivity contribution in [2.75, 3.05) is 6.54 Å². The van der Waals surface area contributed by atoms with Crippen molar-refractivity contribution in [1.82, 2.24) is 10.3 Å². The molecule has 1 aliphatic rings. The Bertz CT molecular complexity index is 607. The Hall–Kier alpha value is -1.74. The number of aromatic nitrogens is 1. The van der Waals surface area contributed by atoms with Crippen molar-refractivity contribution < 1.29 is 4.39 Å². The summed E-state index contributed by atoms with van der Waals surface area (Å²) >= 11 is 0. The standard InChI is InChI=1S/C17H19FN2/c1-11-9-15(10-20-11)13-3-5-14(6-4-13)16-7-8-19-17(18)12(16)2/h3-8,11,15,20H,9-10H2,1-2H3. The third-order valence-electron chi connectivity index (χ3n) is 4.19. The first kappa shape index (κ1) is 13.3. The second kappa shape index (κ2) is 5.33. The Morgan fingerprint density at radius 2 is 1.95 bits per heavy atom. The summed E-state index contributed by atoms with van der Waals surface area (Å²) in [6.07, 6.45) is 2.70. The predicted molar refractivity (Wildman–Crippen MR) is 79.2 cm³/mol. The summed E-state index contributed by atoms with van der Waals surface area (Å²) in [5, 5.41) is 3.47. The third-order valence-corrected chi connectivity index (χ3v) is 4.19. The van der Waals surface area contributed by atoms with Gasteiger partial charge in [-0.2, -0.15) is 4.39 Å². The van der Waals surface area contributed by atoms with Crippen LogP contribution in [-0.2, 0) is 0 Å². The Balaban J connectivity index is 1.88. The van der Waals surface area contributed by atoms with Gasteiger partial charge < -0.3 is 5.32 Å². The molecule has 0 radical (unpaired) electrons. The minimum absolute atomic E-state index is 0.389. The smallest absolute Gasteiger partial charge is 0.216 e. The van der Waals surface area contributed by atoms with Gasteiger partial charge in [0.05, 0.1) is 0 Å². The molecule has 0 bridgehead atoms. The molecule has 104 valence electrons. The van der Waals surface area contributed by atoms with Gasteiger partial charge in [-0.1, -0.05) is 24.3 Å². The number of nitrogens with one attached hydrogen (secondary N) is 1. The lowest BCUT2D eigenvalue weighted by molar-refractivity contribution is 0.575. The van der Waals surface area contributed by atoms with Crippen molar-refractivity contribution >= 4 is 0 Å². The normalized spacial score (nSPS) is 22.1. The van der Waals surface area contributed by atoms with Gasteiger partial charge in [0.1, 0.15) is 0 Å². The fourth-order valence-corrected chi connectivity index (χ4v) is 2.95. The zero-order valence-electron chi connectivity index (χ0n) is 11.9. The summed E-state index contributed by atoms with van der Waals surface area (Å²) in [5.74, 6) is 0.203. The summed E-state index contributed by atoms with van der Waals surface area (Å²) in [6, 6.07) is 11.0. The van der Waals surface area contributed by atoms with E-state index in [2.05, 4.69) is 41.5 Å². The third kappa shape index (κ3) is 2.46. The highest BCUT2D eigenvalue weighted by Crippen LogP contribution is 2.29. The highest BCUT2D eigenvalue weighted by atomic mass is 19.1. The summed E-state index contributed by atoms with van der Waals surface area (Å²) in [5.41, 5.74) is 3.93. The Kier molecular flexibility index (Phi) is 3.53. The molecule has 2 aromatic rings. The first-order chi connectivity index (χ1) is 9.65. The number of hydrogen-bond donors (Lipinski definition) is 1. The molecule has 1 aromatic heterocycles. The van der Waals surface area contributed by atoms with Crippen LogP contribution in [0.5, 0.6) is 0 Å². The predicted octanol–water partition coefficient (Wildman–Crippen LogP) is 3.66. The van der Waals surface area contributed by atoms with E-state index in [0.717, 1.165) is 17.7 Å². The summed E-state index contributed by atoms with van der Waals surface area (Å²) in [6.45, 7) is 5.04. The van der Waals surface area contributed by atoms with E-state index in [4.69, 9.17) is 0 Å². The maximum absolute atomic E-state index is 13.5. The van der Waals surface area contributed by atoms with Gasteiger partial charge in [0.2, 0.25) is 5.95 Å². The Labute approximate surface area is 119 Å². The second-order valence-corrected chi connectivity index (χ2v) is 5.64. The Morgan fingerprint density at radius 3 is 2.60 bits per heavy atom. The van der Waals surface area contributed by atoms with E-state index in [9.17, 15) is 4.39 Å². The van der Waals surface area contributed by atoms with Crippen LogP contribution in [0.25, 0.3) is 11.1 Å². The molecule has 2 heterocycles. The average Bonchev–Trinajstić information content (AvgIpc) is 2.89. The van der Waals surface area contributed by atoms with Gasteiger partial charge in [-0.05, 0) is 48.9 Å². The molecule has 3 rings (SSSR count). The molecule has 2 unspecified atom stereocenters. The second-order valence-electron chi connectivity index (χ2n) is 5.64. The van der Waals surface area contributed by atoms with Gasteiger partial charge >= 0.3 is 0 Å². The van der Waals surface area contributed by atoms with Crippen molar-refractivity contribution in [1.29, 1.82) is 0 Å². The van der Waals surface area contributed by atoms with Crippen molar-refractivity contribution in [3.8, 4) is 11.1 Å². The lowest BCUT2D eigenvalue weighted by Gasteiger charge is -2.11. The maximum atomic E-state index is 13.5. The first-order valence-corrected chi connectivity index (χ1v) is 7.10. The van der Waals surface area contributed by atoms with Crippen molar-refractivity contribution in [3.05, 3.63) is 53.6 Å². The number of halogens is 1. The molecule has 0 amide bonds. The molecule has 1 N–H and O–H groups in total. The number of hydrogen-bond acceptors (Lipinski definition) is 2. The fourth-order valence-electron chi connectivity index (χ4n) is 2.95. The SMILES string of the molecule is Cc1c(-c2ccc(C3CNC(C)C3)cc2)ccnc1F. The minimum Gasteiger partial charge on any atom is -0.314 e. The molecule has 1 aliphatic heterocycles. The van der Waals surface area contributed by atoms with Crippen LogP contribution >= 0.6 is 0 Å². The van der Waals surface area contributed by atoms with E-state index in [1.807, 2.05) is 6.07 Å². The molecule has 20 heavy (non-hydrogen) atoms. The van der Waals surface area contributed by atoms with Gasteiger partial charge in [0.25, 0.3) is 0 Å². The Morgan fingerprint density at radius 1 is 1.20 bits per heavy atom. The first-order valence-electron chi connectivity index (χ1n) is 7.10. The molecule has 0 saturated carbocycles. The number of rotatable bonds is 2. The number of benzene rings is 1. The largest absolute Gasteiger partial charge is 0.314 e. The van der Waals surface area contributed by atoms with Crippen molar-refractivity contribution in [2.45, 2.75) is 32.2 Å². The summed E-state index contributed by atoms with van der Waals surface area (Å²) < 4.78 is 13.5. The molecule has 1 fully saturated rings. The van der Waals surface area contributed by atoms with Gasteiger partial charge in [-0.3, -0.25) is 0 Å². The lowest BCUT2D eigenvalue weighted by Crippen LogP contribution is -2.16. The van der Waals surface area contributed by atoms with E-state index < -0.39 is 0 Å². The van der Waals surface area contributed by atoms with Crippen molar-refractivity contribution in [3.63, 3.8) is 0 Å². The number of nitrogens with zero attached hydrogens (tertiary/aromatic N) is 1. The van der Waals surface area contributed by atoms with Crippen LogP contribution in [-0.4, -0.2) is 17.6 Å². The summed E-state index contributed by atoms with van der Waals surface area (Å²) in [4.78, 5) is 3.68. The van der Waals surface area contributed by atoms with Crippen LogP contribution in [0.2, 0.25) is 0 Å². The topological polar surface area (TPSA) is 24.9 Å². The van der Waals surface area contributed by atoms with Crippen LogP contribution in [0.1, 0.15) is 30.4 Å². The lowest BCUT2D eigenvalue weighted by atomic mass is 9.94. The molecular weight excluding hydrogens is 251 g/mol. The molecule has 1 aromatic carbocycles. The van der Waals surface area contributed by atoms with Gasteiger partial charge in [0, 0.05) is 24.3 Å². The number of pyridine rings is 1. The van der Waals surface area contributed by atoms with E-state index in [0.29, 0.717) is 17.5 Å². The molecule has 0 aliphatic carbocycles. The molecule has 2 atom stereocenters. The molecule has 2 nitrogen and oxygen atoms in total. The summed E-state index contributed by atoms with van der Waals surface area (Å²) in [7, 11) is 0. The van der Waals surface area contributed by atoms with Crippen LogP contribution in [0.3, 0.4) is 0 Å². The minimum atomic E-state index is -0.389. The van der Waals surface area contributed by atoms with Crippen LogP contribution in [0, 0.1) is 12.9 Å². The van der Waals surface area contributed by atoms with Gasteiger partial charge in [0.15, 0.2) is 0 Å². The molecular formula is C17H19FN2. The zero-order valence-corrected chi connectivity index (χ0v) is 11.9. The van der Waals surface area contributed by atoms with Crippen LogP contribution < -0.4 is 5.32 Å². The molecule has 0 spiro atoms. The highest BCUT2D eigenvalue weighted by molar-refractivity contribution is 5.66. The molecule has 1 saturated heterocycles. The van der Waals surface area contributed by atoms with Crippen LogP contribution in [0.15, 0.2) is 36.5 Å².